The van der Waals surface area contributed by atoms with Crippen LogP contribution in [0.4, 0.5) is 4.79 Å². The van der Waals surface area contributed by atoms with Crippen LogP contribution in [-0.4, -0.2) is 85.2 Å². The predicted octanol–water partition coefficient (Wildman–Crippen LogP) is 2.81. The monoisotopic (exact) mass is 454 g/mol. The molecule has 2 aliphatic heterocycles. The van der Waals surface area contributed by atoms with Gasteiger partial charge in [0.15, 0.2) is 0 Å². The highest BCUT2D eigenvalue weighted by molar-refractivity contribution is 5.86. The van der Waals surface area contributed by atoms with Gasteiger partial charge in [-0.15, -0.1) is 0 Å². The number of urea groups is 1. The average Bonchev–Trinajstić information content (AvgIpc) is 2.99. The van der Waals surface area contributed by atoms with Crippen molar-refractivity contribution in [2.24, 2.45) is 5.92 Å². The third-order valence-electron chi connectivity index (χ3n) is 8.74. The molecule has 2 aliphatic carbocycles. The molecule has 7 heteroatoms. The summed E-state index contributed by atoms with van der Waals surface area (Å²) >= 11 is 0. The Bertz CT molecular complexity index is 858. The van der Waals surface area contributed by atoms with Crippen molar-refractivity contribution in [2.45, 2.75) is 62.1 Å². The van der Waals surface area contributed by atoms with Crippen LogP contribution in [0.25, 0.3) is 0 Å². The number of benzene rings is 1. The molecule has 180 valence electrons. The first-order valence-electron chi connectivity index (χ1n) is 12.6. The summed E-state index contributed by atoms with van der Waals surface area (Å²) in [6.07, 6.45) is 7.66. The minimum Gasteiger partial charge on any atom is -0.377 e. The second-order valence-electron chi connectivity index (χ2n) is 10.9. The van der Waals surface area contributed by atoms with E-state index in [1.807, 2.05) is 0 Å². The Labute approximate surface area is 197 Å². The van der Waals surface area contributed by atoms with Crippen molar-refractivity contribution in [1.82, 2.24) is 20.0 Å². The number of nitrogens with zero attached hydrogens (tertiary/aromatic N) is 3. The van der Waals surface area contributed by atoms with Crippen LogP contribution < -0.4 is 5.32 Å². The molecule has 1 N–H and O–H groups in total. The number of nitrogens with one attached hydrogen (secondary N) is 1. The van der Waals surface area contributed by atoms with Gasteiger partial charge in [-0.1, -0.05) is 36.8 Å². The van der Waals surface area contributed by atoms with Gasteiger partial charge in [-0.25, -0.2) is 4.79 Å². The molecule has 2 heterocycles. The van der Waals surface area contributed by atoms with E-state index >= 15 is 0 Å². The summed E-state index contributed by atoms with van der Waals surface area (Å²) in [4.78, 5) is 32.5. The first kappa shape index (κ1) is 22.7. The third kappa shape index (κ3) is 4.14. The summed E-state index contributed by atoms with van der Waals surface area (Å²) in [5, 5.41) is 3.00. The van der Waals surface area contributed by atoms with Gasteiger partial charge in [0.05, 0.1) is 24.8 Å². The first-order chi connectivity index (χ1) is 15.9. The molecule has 0 aromatic heterocycles. The van der Waals surface area contributed by atoms with Crippen molar-refractivity contribution < 1.29 is 14.3 Å². The van der Waals surface area contributed by atoms with E-state index < -0.39 is 0 Å². The van der Waals surface area contributed by atoms with E-state index in [1.54, 1.807) is 4.90 Å². The lowest BCUT2D eigenvalue weighted by molar-refractivity contribution is -0.125. The molecule has 2 saturated heterocycles. The molecule has 0 atom stereocenters. The van der Waals surface area contributed by atoms with Crippen LogP contribution in [0.5, 0.6) is 0 Å². The third-order valence-corrected chi connectivity index (χ3v) is 8.74. The maximum Gasteiger partial charge on any atom is 0.321 e. The van der Waals surface area contributed by atoms with E-state index in [1.165, 1.54) is 24.8 Å². The number of hydrogen-bond acceptors (Lipinski definition) is 4. The fourth-order valence-electron chi connectivity index (χ4n) is 6.28. The topological polar surface area (TPSA) is 65.1 Å². The van der Waals surface area contributed by atoms with Gasteiger partial charge in [0, 0.05) is 18.6 Å². The Morgan fingerprint density at radius 3 is 2.36 bits per heavy atom. The smallest absolute Gasteiger partial charge is 0.321 e. The molecule has 7 nitrogen and oxygen atoms in total. The molecule has 0 bridgehead atoms. The van der Waals surface area contributed by atoms with E-state index in [-0.39, 0.29) is 35.6 Å². The van der Waals surface area contributed by atoms with E-state index in [2.05, 4.69) is 59.5 Å². The van der Waals surface area contributed by atoms with E-state index in [0.29, 0.717) is 25.7 Å². The number of carbonyl (C=O) groups excluding carboxylic acids is 2. The second-order valence-corrected chi connectivity index (χ2v) is 10.9. The van der Waals surface area contributed by atoms with Crippen LogP contribution in [-0.2, 0) is 15.1 Å². The van der Waals surface area contributed by atoms with Crippen molar-refractivity contribution in [2.75, 3.05) is 46.9 Å². The van der Waals surface area contributed by atoms with Crippen LogP contribution in [0.15, 0.2) is 30.3 Å². The Balaban J connectivity index is 1.34. The summed E-state index contributed by atoms with van der Waals surface area (Å²) in [7, 11) is 4.36. The fraction of sp³-hybridized carbons (Fsp3) is 0.692. The SMILES string of the molecule is CN(C)[C@]1(c2ccccc2)CC[C@]2(CC1)CN(CC(=O)NC1COC1)C(=O)N2CC1CCC1. The minimum atomic E-state index is -0.166. The number of hydrogen-bond donors (Lipinski definition) is 1. The molecule has 0 unspecified atom stereocenters. The predicted molar refractivity (Wildman–Crippen MR) is 127 cm³/mol. The summed E-state index contributed by atoms with van der Waals surface area (Å²) in [6.45, 7) is 2.79. The zero-order valence-corrected chi connectivity index (χ0v) is 20.1. The number of amides is 3. The molecule has 0 radical (unpaired) electrons. The lowest BCUT2D eigenvalue weighted by Crippen LogP contribution is -2.56. The van der Waals surface area contributed by atoms with Gasteiger partial charge in [0.1, 0.15) is 6.54 Å². The Hall–Kier alpha value is -2.12. The standard InChI is InChI=1S/C26H38N4O3/c1-28(2)26(21-9-4-3-5-10-21)13-11-25(12-14-26)19-29(16-23(31)27-22-17-33-18-22)24(32)30(25)15-20-7-6-8-20/h3-5,9-10,20,22H,6-8,11-19H2,1-2H3,(H,27,31)/t25-,26+. The molecule has 2 saturated carbocycles. The Morgan fingerprint density at radius 2 is 1.82 bits per heavy atom. The summed E-state index contributed by atoms with van der Waals surface area (Å²) in [5.74, 6) is 0.543. The molecule has 5 rings (SSSR count). The molecule has 1 spiro atoms. The summed E-state index contributed by atoms with van der Waals surface area (Å²) in [5.41, 5.74) is 1.19. The lowest BCUT2D eigenvalue weighted by Gasteiger charge is -2.51. The van der Waals surface area contributed by atoms with E-state index in [0.717, 1.165) is 32.2 Å². The molecule has 33 heavy (non-hydrogen) atoms. The highest BCUT2D eigenvalue weighted by atomic mass is 16.5. The summed E-state index contributed by atoms with van der Waals surface area (Å²) < 4.78 is 5.16. The highest BCUT2D eigenvalue weighted by Gasteiger charge is 2.55. The number of carbonyl (C=O) groups is 2. The number of ether oxygens (including phenoxy) is 1. The quantitative estimate of drug-likeness (QED) is 0.688. The van der Waals surface area contributed by atoms with Gasteiger partial charge in [0.25, 0.3) is 0 Å². The maximum atomic E-state index is 13.6. The average molecular weight is 455 g/mol. The van der Waals surface area contributed by atoms with Gasteiger partial charge < -0.3 is 19.9 Å². The van der Waals surface area contributed by atoms with Crippen molar-refractivity contribution in [3.05, 3.63) is 35.9 Å². The minimum absolute atomic E-state index is 0.00723. The van der Waals surface area contributed by atoms with Crippen molar-refractivity contribution in [3.63, 3.8) is 0 Å². The van der Waals surface area contributed by atoms with Crippen LogP contribution in [0.1, 0.15) is 50.5 Å². The maximum absolute atomic E-state index is 13.6. The van der Waals surface area contributed by atoms with Crippen molar-refractivity contribution in [1.29, 1.82) is 0 Å². The van der Waals surface area contributed by atoms with Gasteiger partial charge >= 0.3 is 6.03 Å². The molecule has 1 aromatic rings. The normalized spacial score (nSPS) is 30.6. The zero-order chi connectivity index (χ0) is 23.1. The van der Waals surface area contributed by atoms with Gasteiger partial charge in [-0.3, -0.25) is 9.69 Å². The van der Waals surface area contributed by atoms with Crippen LogP contribution >= 0.6 is 0 Å². The molecule has 3 amide bonds. The van der Waals surface area contributed by atoms with E-state index in [9.17, 15) is 9.59 Å². The Kier molecular flexibility index (Phi) is 6.12. The van der Waals surface area contributed by atoms with Crippen molar-refractivity contribution >= 4 is 11.9 Å². The molecular formula is C26H38N4O3. The van der Waals surface area contributed by atoms with Crippen LogP contribution in [0.2, 0.25) is 0 Å². The zero-order valence-electron chi connectivity index (χ0n) is 20.1. The van der Waals surface area contributed by atoms with Crippen molar-refractivity contribution in [3.8, 4) is 0 Å². The molecule has 1 aromatic carbocycles. The second kappa shape index (κ2) is 8.91. The lowest BCUT2D eigenvalue weighted by atomic mass is 9.68. The molecule has 4 fully saturated rings. The van der Waals surface area contributed by atoms with Gasteiger partial charge in [0.2, 0.25) is 5.91 Å². The van der Waals surface area contributed by atoms with Crippen LogP contribution in [0, 0.1) is 5.92 Å². The number of rotatable bonds is 7. The molecule has 4 aliphatic rings. The summed E-state index contributed by atoms with van der Waals surface area (Å²) in [6, 6.07) is 11.0. The highest BCUT2D eigenvalue weighted by Crippen LogP contribution is 2.49. The molecular weight excluding hydrogens is 416 g/mol. The first-order valence-corrected chi connectivity index (χ1v) is 12.6. The largest absolute Gasteiger partial charge is 0.377 e. The van der Waals surface area contributed by atoms with Gasteiger partial charge in [-0.2, -0.15) is 0 Å². The fourth-order valence-corrected chi connectivity index (χ4v) is 6.28. The van der Waals surface area contributed by atoms with Gasteiger partial charge in [-0.05, 0) is 64.1 Å². The van der Waals surface area contributed by atoms with E-state index in [4.69, 9.17) is 4.74 Å². The van der Waals surface area contributed by atoms with Crippen LogP contribution in [0.3, 0.4) is 0 Å². The Morgan fingerprint density at radius 1 is 1.12 bits per heavy atom.